The SMILES string of the molecule is C=C1CCC(N2C(=O)c3ccc(OCCOC(F)(F)C#Cc4ccc(OC5CC(Oc6ccc(-c7ccc8c9cnccc9n(C)c8c7)cn6)C5)cn4)cc3C2=O)C(=O)N1. The van der Waals surface area contributed by atoms with Crippen molar-refractivity contribution >= 4 is 39.5 Å². The van der Waals surface area contributed by atoms with Gasteiger partial charge >= 0.3 is 6.11 Å². The molecular weight excluding hydrogens is 775 g/mol. The number of hydrogen-bond donors (Lipinski definition) is 1. The summed E-state index contributed by atoms with van der Waals surface area (Å²) in [7, 11) is 2.05. The molecular formula is C45H36F2N6O7. The largest absolute Gasteiger partial charge is 0.491 e. The van der Waals surface area contributed by atoms with Gasteiger partial charge in [-0.25, -0.2) is 9.97 Å². The van der Waals surface area contributed by atoms with Crippen LogP contribution in [-0.4, -0.2) is 79.7 Å². The lowest BCUT2D eigenvalue weighted by Gasteiger charge is -2.34. The molecule has 1 saturated carbocycles. The summed E-state index contributed by atoms with van der Waals surface area (Å²) in [5, 5.41) is 4.84. The second kappa shape index (κ2) is 15.5. The molecule has 15 heteroatoms. The Labute approximate surface area is 341 Å². The molecule has 3 amide bonds. The van der Waals surface area contributed by atoms with Crippen LogP contribution in [0.5, 0.6) is 17.4 Å². The zero-order valence-corrected chi connectivity index (χ0v) is 32.2. The van der Waals surface area contributed by atoms with Crippen molar-refractivity contribution in [3.63, 3.8) is 0 Å². The molecule has 13 nitrogen and oxygen atoms in total. The molecule has 6 heterocycles. The van der Waals surface area contributed by atoms with Gasteiger partial charge in [0.25, 0.3) is 11.8 Å². The summed E-state index contributed by atoms with van der Waals surface area (Å²) in [5.74, 6) is 3.57. The van der Waals surface area contributed by atoms with Gasteiger partial charge in [0.1, 0.15) is 42.0 Å². The van der Waals surface area contributed by atoms with Crippen molar-refractivity contribution in [2.24, 2.45) is 7.05 Å². The number of ether oxygens (including phenoxy) is 4. The van der Waals surface area contributed by atoms with E-state index >= 15 is 0 Å². The molecule has 302 valence electrons. The number of halogens is 2. The topological polar surface area (TPSA) is 147 Å². The maximum Gasteiger partial charge on any atom is 0.423 e. The molecule has 60 heavy (non-hydrogen) atoms. The van der Waals surface area contributed by atoms with Crippen LogP contribution in [0.2, 0.25) is 0 Å². The molecule has 1 unspecified atom stereocenters. The van der Waals surface area contributed by atoms with Gasteiger partial charge in [-0.2, -0.15) is 8.78 Å². The molecule has 2 fully saturated rings. The molecule has 0 spiro atoms. The van der Waals surface area contributed by atoms with E-state index in [0.717, 1.165) is 37.8 Å². The van der Waals surface area contributed by atoms with E-state index in [1.807, 2.05) is 24.4 Å². The number of imide groups is 1. The van der Waals surface area contributed by atoms with Crippen LogP contribution in [0, 0.1) is 11.8 Å². The van der Waals surface area contributed by atoms with E-state index in [1.54, 1.807) is 24.4 Å². The van der Waals surface area contributed by atoms with Crippen LogP contribution in [0.4, 0.5) is 8.78 Å². The van der Waals surface area contributed by atoms with Gasteiger partial charge in [0.15, 0.2) is 0 Å². The van der Waals surface area contributed by atoms with Crippen LogP contribution in [0.15, 0.2) is 104 Å². The molecule has 9 rings (SSSR count). The highest BCUT2D eigenvalue weighted by molar-refractivity contribution is 6.23. The van der Waals surface area contributed by atoms with Crippen molar-refractivity contribution < 1.29 is 42.1 Å². The summed E-state index contributed by atoms with van der Waals surface area (Å²) in [6.45, 7) is 2.89. The number of carbonyl (C=O) groups excluding carboxylic acids is 3. The van der Waals surface area contributed by atoms with Crippen molar-refractivity contribution in [3.05, 3.63) is 121 Å². The Morgan fingerprint density at radius 2 is 1.63 bits per heavy atom. The van der Waals surface area contributed by atoms with Gasteiger partial charge in [0, 0.05) is 78.0 Å². The first-order chi connectivity index (χ1) is 29.0. The highest BCUT2D eigenvalue weighted by atomic mass is 19.3. The van der Waals surface area contributed by atoms with E-state index < -0.39 is 36.5 Å². The van der Waals surface area contributed by atoms with E-state index in [9.17, 15) is 23.2 Å². The van der Waals surface area contributed by atoms with E-state index in [1.165, 1.54) is 30.5 Å². The predicted octanol–water partition coefficient (Wildman–Crippen LogP) is 6.60. The number of aromatic nitrogens is 4. The van der Waals surface area contributed by atoms with Crippen LogP contribution >= 0.6 is 0 Å². The number of alkyl halides is 2. The maximum absolute atomic E-state index is 14.4. The van der Waals surface area contributed by atoms with Crippen LogP contribution in [0.1, 0.15) is 52.1 Å². The number of pyridine rings is 3. The Hall–Kier alpha value is -7.18. The molecule has 1 atom stereocenters. The number of nitrogens with one attached hydrogen (secondary N) is 1. The predicted molar refractivity (Wildman–Crippen MR) is 214 cm³/mol. The minimum atomic E-state index is -3.80. The minimum Gasteiger partial charge on any atom is -0.491 e. The fourth-order valence-corrected chi connectivity index (χ4v) is 7.57. The fraction of sp³-hybridized carbons (Fsp3) is 0.244. The van der Waals surface area contributed by atoms with Crippen molar-refractivity contribution in [2.45, 2.75) is 50.0 Å². The Morgan fingerprint density at radius 1 is 0.833 bits per heavy atom. The number of aryl methyl sites for hydroxylation is 1. The van der Waals surface area contributed by atoms with Gasteiger partial charge in [0.2, 0.25) is 11.8 Å². The average molecular weight is 811 g/mol. The minimum absolute atomic E-state index is 0.0578. The van der Waals surface area contributed by atoms with Crippen LogP contribution in [-0.2, 0) is 16.6 Å². The molecule has 1 aliphatic carbocycles. The number of rotatable bonds is 11. The second-order valence-corrected chi connectivity index (χ2v) is 14.7. The zero-order valence-electron chi connectivity index (χ0n) is 32.2. The van der Waals surface area contributed by atoms with Gasteiger partial charge in [-0.05, 0) is 72.9 Å². The van der Waals surface area contributed by atoms with Crippen molar-refractivity contribution in [3.8, 4) is 40.3 Å². The van der Waals surface area contributed by atoms with Gasteiger partial charge in [-0.1, -0.05) is 18.7 Å². The monoisotopic (exact) mass is 810 g/mol. The summed E-state index contributed by atoms with van der Waals surface area (Å²) >= 11 is 0. The summed E-state index contributed by atoms with van der Waals surface area (Å²) in [6, 6.07) is 18.5. The Morgan fingerprint density at radius 3 is 2.42 bits per heavy atom. The Kier molecular flexibility index (Phi) is 9.93. The van der Waals surface area contributed by atoms with Gasteiger partial charge in [-0.15, -0.1) is 0 Å². The van der Waals surface area contributed by atoms with E-state index in [2.05, 4.69) is 67.3 Å². The summed E-state index contributed by atoms with van der Waals surface area (Å²) in [5.41, 5.74) is 5.08. The highest BCUT2D eigenvalue weighted by Crippen LogP contribution is 2.34. The third-order valence-corrected chi connectivity index (χ3v) is 10.8. The highest BCUT2D eigenvalue weighted by Gasteiger charge is 2.44. The molecule has 3 aliphatic rings. The Balaban J connectivity index is 0.709. The van der Waals surface area contributed by atoms with Crippen molar-refractivity contribution in [1.29, 1.82) is 0 Å². The molecule has 4 aromatic heterocycles. The maximum atomic E-state index is 14.4. The smallest absolute Gasteiger partial charge is 0.423 e. The first-order valence-corrected chi connectivity index (χ1v) is 19.3. The number of fused-ring (bicyclic) bond motifs is 4. The quantitative estimate of drug-likeness (QED) is 0.0863. The first-order valence-electron chi connectivity index (χ1n) is 19.3. The number of benzene rings is 2. The van der Waals surface area contributed by atoms with Gasteiger partial charge in [0.05, 0.1) is 29.4 Å². The Bertz CT molecular complexity index is 2760. The molecule has 2 aromatic carbocycles. The van der Waals surface area contributed by atoms with Crippen molar-refractivity contribution in [2.75, 3.05) is 13.2 Å². The molecule has 1 N–H and O–H groups in total. The first kappa shape index (κ1) is 38.3. The van der Waals surface area contributed by atoms with Gasteiger partial charge in [-0.3, -0.25) is 24.3 Å². The summed E-state index contributed by atoms with van der Waals surface area (Å²) in [4.78, 5) is 52.3. The normalized spacial score (nSPS) is 18.8. The fourth-order valence-electron chi connectivity index (χ4n) is 7.57. The van der Waals surface area contributed by atoms with E-state index in [-0.39, 0.29) is 47.8 Å². The molecule has 2 aliphatic heterocycles. The third kappa shape index (κ3) is 7.60. The van der Waals surface area contributed by atoms with Crippen molar-refractivity contribution in [1.82, 2.24) is 29.7 Å². The van der Waals surface area contributed by atoms with Crippen LogP contribution in [0.25, 0.3) is 32.9 Å². The number of hydrogen-bond acceptors (Lipinski definition) is 10. The summed E-state index contributed by atoms with van der Waals surface area (Å²) in [6.07, 6.45) is 4.95. The standard InChI is InChI=1S/C45H36F2N6O7/c1-26-3-11-39(42(54)51-26)53-43(55)35-10-8-30(22-36(35)44(53)56)57-17-18-58-45(46,47)15-13-29-6-7-31(24-49-29)59-32-20-33(21-32)60-41-12-5-28(23-50-41)27-4-9-34-37-25-48-16-14-38(37)52(2)40(34)19-27/h4-10,12,14,16,19,22-25,32-33,39H,1,3,11,17-18,20-21H2,2H3,(H,51,54). The molecule has 0 radical (unpaired) electrons. The number of allylic oxidation sites excluding steroid dienone is 1. The molecule has 6 aromatic rings. The molecule has 0 bridgehead atoms. The summed E-state index contributed by atoms with van der Waals surface area (Å²) < 4.78 is 53.2. The van der Waals surface area contributed by atoms with Gasteiger partial charge < -0.3 is 28.8 Å². The lowest BCUT2D eigenvalue weighted by atomic mass is 9.92. The molecule has 1 saturated heterocycles. The van der Waals surface area contributed by atoms with E-state index in [4.69, 9.17) is 14.2 Å². The number of amides is 3. The number of nitrogens with zero attached hydrogens (tertiary/aromatic N) is 5. The van der Waals surface area contributed by atoms with Crippen LogP contribution in [0.3, 0.4) is 0 Å². The lowest BCUT2D eigenvalue weighted by Crippen LogP contribution is -2.51. The second-order valence-electron chi connectivity index (χ2n) is 14.7. The van der Waals surface area contributed by atoms with E-state index in [0.29, 0.717) is 36.6 Å². The van der Waals surface area contributed by atoms with Crippen LogP contribution < -0.4 is 19.5 Å². The number of carbonyl (C=O) groups is 3. The number of piperidine rings is 1. The third-order valence-electron chi connectivity index (χ3n) is 10.8. The average Bonchev–Trinajstić information content (AvgIpc) is 3.66. The zero-order chi connectivity index (χ0) is 41.5. The lowest BCUT2D eigenvalue weighted by molar-refractivity contribution is -0.195.